The second kappa shape index (κ2) is 6.94. The van der Waals surface area contributed by atoms with E-state index in [4.69, 9.17) is 5.73 Å². The maximum Gasteiger partial charge on any atom is 0.252 e. The Balaban J connectivity index is 1.80. The number of hydrogen-bond donors (Lipinski definition) is 3. The maximum absolute atomic E-state index is 11.9. The Morgan fingerprint density at radius 3 is 3.04 bits per heavy atom. The Bertz CT molecular complexity index is 815. The number of carbonyl (C=O) groups is 2. The summed E-state index contributed by atoms with van der Waals surface area (Å²) in [6, 6.07) is 1.97. The summed E-state index contributed by atoms with van der Waals surface area (Å²) in [7, 11) is 2.02. The summed E-state index contributed by atoms with van der Waals surface area (Å²) in [6.07, 6.45) is 4.58. The van der Waals surface area contributed by atoms with Crippen molar-refractivity contribution in [1.29, 1.82) is 0 Å². The molecule has 3 rings (SSSR count). The number of rotatable bonds is 5. The predicted molar refractivity (Wildman–Crippen MR) is 96.3 cm³/mol. The third-order valence-electron chi connectivity index (χ3n) is 4.63. The summed E-state index contributed by atoms with van der Waals surface area (Å²) >= 11 is 0. The highest BCUT2D eigenvalue weighted by Crippen LogP contribution is 2.25. The van der Waals surface area contributed by atoms with E-state index in [-0.39, 0.29) is 11.9 Å². The largest absolute Gasteiger partial charge is 0.382 e. The number of primary amides is 1. The van der Waals surface area contributed by atoms with Crippen LogP contribution in [-0.2, 0) is 4.79 Å². The van der Waals surface area contributed by atoms with Gasteiger partial charge in [-0.1, -0.05) is 6.58 Å². The van der Waals surface area contributed by atoms with Crippen molar-refractivity contribution in [2.24, 2.45) is 5.73 Å². The number of carbonyl (C=O) groups excluding carboxylic acids is 2. The number of piperazine rings is 1. The zero-order valence-corrected chi connectivity index (χ0v) is 14.2. The van der Waals surface area contributed by atoms with Crippen LogP contribution in [0.2, 0.25) is 0 Å². The lowest BCUT2D eigenvalue weighted by atomic mass is 10.1. The average Bonchev–Trinajstić information content (AvgIpc) is 3.08. The van der Waals surface area contributed by atoms with E-state index in [1.165, 1.54) is 12.3 Å². The van der Waals surface area contributed by atoms with E-state index in [2.05, 4.69) is 26.8 Å². The number of fused-ring (bicyclic) bond motifs is 1. The number of amides is 2. The van der Waals surface area contributed by atoms with Crippen molar-refractivity contribution in [1.82, 2.24) is 19.8 Å². The molecule has 8 nitrogen and oxygen atoms in total. The first-order chi connectivity index (χ1) is 12.0. The van der Waals surface area contributed by atoms with Gasteiger partial charge in [0.15, 0.2) is 0 Å². The van der Waals surface area contributed by atoms with Crippen LogP contribution in [-0.4, -0.2) is 70.9 Å². The molecule has 0 bridgehead atoms. The van der Waals surface area contributed by atoms with E-state index in [0.717, 1.165) is 11.9 Å². The van der Waals surface area contributed by atoms with Crippen molar-refractivity contribution in [3.05, 3.63) is 36.7 Å². The number of pyridine rings is 1. The monoisotopic (exact) mass is 342 g/mol. The Morgan fingerprint density at radius 1 is 1.52 bits per heavy atom. The second-order valence-corrected chi connectivity index (χ2v) is 6.15. The zero-order valence-electron chi connectivity index (χ0n) is 14.2. The first kappa shape index (κ1) is 17.0. The fourth-order valence-electron chi connectivity index (χ4n) is 3.10. The number of anilines is 1. The minimum absolute atomic E-state index is 0.0622. The molecular formula is C17H22N6O2. The second-order valence-electron chi connectivity index (χ2n) is 6.15. The quantitative estimate of drug-likeness (QED) is 0.682. The number of nitrogens with zero attached hydrogens (tertiary/aromatic N) is 3. The molecule has 1 aliphatic rings. The lowest BCUT2D eigenvalue weighted by Crippen LogP contribution is -2.55. The van der Waals surface area contributed by atoms with Gasteiger partial charge in [-0.2, -0.15) is 0 Å². The van der Waals surface area contributed by atoms with Gasteiger partial charge in [-0.15, -0.1) is 0 Å². The lowest BCUT2D eigenvalue weighted by Gasteiger charge is -2.39. The van der Waals surface area contributed by atoms with Crippen LogP contribution < -0.4 is 11.1 Å². The van der Waals surface area contributed by atoms with Gasteiger partial charge in [-0.25, -0.2) is 4.98 Å². The van der Waals surface area contributed by atoms with Crippen LogP contribution in [0.5, 0.6) is 0 Å². The number of aromatic amines is 1. The summed E-state index contributed by atoms with van der Waals surface area (Å²) in [5.41, 5.74) is 7.19. The van der Waals surface area contributed by atoms with Crippen LogP contribution in [0.1, 0.15) is 10.4 Å². The lowest BCUT2D eigenvalue weighted by molar-refractivity contribution is -0.128. The zero-order chi connectivity index (χ0) is 18.0. The number of aromatic nitrogens is 2. The average molecular weight is 342 g/mol. The Labute approximate surface area is 145 Å². The van der Waals surface area contributed by atoms with Gasteiger partial charge in [0, 0.05) is 50.0 Å². The van der Waals surface area contributed by atoms with Crippen molar-refractivity contribution in [2.75, 3.05) is 38.5 Å². The van der Waals surface area contributed by atoms with Gasteiger partial charge in [0.1, 0.15) is 5.65 Å². The minimum Gasteiger partial charge on any atom is -0.382 e. The van der Waals surface area contributed by atoms with Crippen molar-refractivity contribution in [3.63, 3.8) is 0 Å². The summed E-state index contributed by atoms with van der Waals surface area (Å²) < 4.78 is 0. The molecule has 0 spiro atoms. The Morgan fingerprint density at radius 2 is 2.32 bits per heavy atom. The van der Waals surface area contributed by atoms with Gasteiger partial charge in [0.05, 0.1) is 11.3 Å². The molecule has 8 heteroatoms. The minimum atomic E-state index is -0.529. The van der Waals surface area contributed by atoms with E-state index >= 15 is 0 Å². The highest BCUT2D eigenvalue weighted by atomic mass is 16.2. The molecule has 1 atom stereocenters. The molecule has 1 saturated heterocycles. The topological polar surface area (TPSA) is 107 Å². The molecule has 0 aromatic carbocycles. The van der Waals surface area contributed by atoms with E-state index in [0.29, 0.717) is 36.5 Å². The van der Waals surface area contributed by atoms with Gasteiger partial charge < -0.3 is 20.9 Å². The highest BCUT2D eigenvalue weighted by molar-refractivity contribution is 6.05. The van der Waals surface area contributed by atoms with Crippen molar-refractivity contribution >= 4 is 28.5 Å². The van der Waals surface area contributed by atoms with Crippen LogP contribution in [0.25, 0.3) is 11.0 Å². The number of nitrogens with one attached hydrogen (secondary N) is 2. The van der Waals surface area contributed by atoms with Crippen LogP contribution >= 0.6 is 0 Å². The van der Waals surface area contributed by atoms with Crippen molar-refractivity contribution in [2.45, 2.75) is 6.04 Å². The summed E-state index contributed by atoms with van der Waals surface area (Å²) in [6.45, 7) is 6.19. The maximum atomic E-state index is 11.9. The molecule has 2 aromatic heterocycles. The molecule has 3 heterocycles. The molecule has 2 aromatic rings. The molecule has 0 radical (unpaired) electrons. The summed E-state index contributed by atoms with van der Waals surface area (Å²) in [5, 5.41) is 4.15. The van der Waals surface area contributed by atoms with E-state index in [1.807, 2.05) is 13.1 Å². The number of H-pyrrole nitrogens is 1. The van der Waals surface area contributed by atoms with Gasteiger partial charge >= 0.3 is 0 Å². The van der Waals surface area contributed by atoms with E-state index in [9.17, 15) is 9.59 Å². The van der Waals surface area contributed by atoms with Crippen LogP contribution in [0.15, 0.2) is 31.1 Å². The molecule has 4 N–H and O–H groups in total. The molecule has 132 valence electrons. The smallest absolute Gasteiger partial charge is 0.252 e. The van der Waals surface area contributed by atoms with Crippen molar-refractivity contribution in [3.8, 4) is 0 Å². The predicted octanol–water partition coefficient (Wildman–Crippen LogP) is 0.402. The normalized spacial score (nSPS) is 18.3. The molecule has 1 fully saturated rings. The molecule has 0 saturated carbocycles. The van der Waals surface area contributed by atoms with Crippen LogP contribution in [0, 0.1) is 0 Å². The number of hydrogen-bond acceptors (Lipinski definition) is 5. The third kappa shape index (κ3) is 3.34. The molecule has 0 aliphatic carbocycles. The summed E-state index contributed by atoms with van der Waals surface area (Å²) in [4.78, 5) is 34.8. The number of likely N-dealkylation sites (N-methyl/N-ethyl adjacent to an activating group) is 1. The third-order valence-corrected chi connectivity index (χ3v) is 4.63. The number of nitrogens with two attached hydrogens (primary N) is 1. The first-order valence-corrected chi connectivity index (χ1v) is 8.12. The van der Waals surface area contributed by atoms with Gasteiger partial charge in [0.25, 0.3) is 5.91 Å². The Hall–Kier alpha value is -2.87. The van der Waals surface area contributed by atoms with Crippen LogP contribution in [0.4, 0.5) is 5.69 Å². The van der Waals surface area contributed by atoms with E-state index < -0.39 is 5.91 Å². The molecule has 25 heavy (non-hydrogen) atoms. The SMILES string of the molecule is C=CC(=O)N1CCN(C)C(CNc2c(C(N)=O)cnc3[nH]ccc23)C1. The Kier molecular flexibility index (Phi) is 4.71. The molecule has 2 amide bonds. The standard InChI is InChI=1S/C17H22N6O2/c1-3-14(24)23-7-6-22(2)11(10-23)8-20-15-12-4-5-19-17(12)21-9-13(15)16(18)25/h3-5,9,11H,1,6-8,10H2,2H3,(H2,18,25)(H2,19,20,21). The fourth-order valence-corrected chi connectivity index (χ4v) is 3.10. The van der Waals surface area contributed by atoms with Gasteiger partial charge in [-0.05, 0) is 19.2 Å². The molecule has 1 unspecified atom stereocenters. The van der Waals surface area contributed by atoms with Gasteiger partial charge in [0.2, 0.25) is 5.91 Å². The molecular weight excluding hydrogens is 320 g/mol. The first-order valence-electron chi connectivity index (χ1n) is 8.12. The molecule has 1 aliphatic heterocycles. The van der Waals surface area contributed by atoms with Gasteiger partial charge in [-0.3, -0.25) is 14.5 Å². The summed E-state index contributed by atoms with van der Waals surface area (Å²) in [5.74, 6) is -0.591. The van der Waals surface area contributed by atoms with Crippen LogP contribution in [0.3, 0.4) is 0 Å². The van der Waals surface area contributed by atoms with Crippen molar-refractivity contribution < 1.29 is 9.59 Å². The fraction of sp³-hybridized carbons (Fsp3) is 0.353. The van der Waals surface area contributed by atoms with E-state index in [1.54, 1.807) is 11.1 Å². The highest BCUT2D eigenvalue weighted by Gasteiger charge is 2.26.